The molecule has 0 bridgehead atoms. The Balaban J connectivity index is 2.36. The first-order valence-corrected chi connectivity index (χ1v) is 4.17. The SMILES string of the molecule is CC=C(O)c1cc(-c2ccco2)on1. The molecule has 0 amide bonds. The van der Waals surface area contributed by atoms with E-state index in [-0.39, 0.29) is 5.76 Å². The van der Waals surface area contributed by atoms with Gasteiger partial charge in [-0.05, 0) is 25.1 Å². The smallest absolute Gasteiger partial charge is 0.202 e. The molecule has 2 aromatic heterocycles. The number of aromatic nitrogens is 1. The summed E-state index contributed by atoms with van der Waals surface area (Å²) in [6.45, 7) is 1.72. The van der Waals surface area contributed by atoms with Gasteiger partial charge in [-0.3, -0.25) is 0 Å². The number of nitrogens with zero attached hydrogens (tertiary/aromatic N) is 1. The number of allylic oxidation sites excluding steroid dienone is 1. The third-order valence-corrected chi connectivity index (χ3v) is 1.81. The minimum absolute atomic E-state index is 0.0894. The van der Waals surface area contributed by atoms with Gasteiger partial charge in [0.2, 0.25) is 5.76 Å². The van der Waals surface area contributed by atoms with E-state index in [0.717, 1.165) is 0 Å². The lowest BCUT2D eigenvalue weighted by atomic mass is 10.3. The van der Waals surface area contributed by atoms with Crippen molar-refractivity contribution < 1.29 is 14.0 Å². The van der Waals surface area contributed by atoms with Crippen LogP contribution in [0.25, 0.3) is 17.3 Å². The van der Waals surface area contributed by atoms with Crippen molar-refractivity contribution in [2.45, 2.75) is 6.92 Å². The van der Waals surface area contributed by atoms with Crippen LogP contribution in [0.2, 0.25) is 0 Å². The van der Waals surface area contributed by atoms with Gasteiger partial charge in [0.15, 0.2) is 5.76 Å². The molecule has 0 radical (unpaired) electrons. The minimum Gasteiger partial charge on any atom is -0.506 e. The maximum atomic E-state index is 9.35. The van der Waals surface area contributed by atoms with Gasteiger partial charge in [-0.15, -0.1) is 0 Å². The average Bonchev–Trinajstić information content (AvgIpc) is 2.86. The molecule has 2 rings (SSSR count). The highest BCUT2D eigenvalue weighted by atomic mass is 16.5. The van der Waals surface area contributed by atoms with Crippen LogP contribution in [0.1, 0.15) is 12.6 Å². The molecule has 14 heavy (non-hydrogen) atoms. The molecule has 72 valence electrons. The third kappa shape index (κ3) is 1.42. The Morgan fingerprint density at radius 3 is 3.00 bits per heavy atom. The van der Waals surface area contributed by atoms with E-state index >= 15 is 0 Å². The molecular weight excluding hydrogens is 182 g/mol. The normalized spacial score (nSPS) is 11.9. The summed E-state index contributed by atoms with van der Waals surface area (Å²) < 4.78 is 10.1. The molecule has 0 aliphatic heterocycles. The second-order valence-electron chi connectivity index (χ2n) is 2.73. The molecule has 2 aromatic rings. The lowest BCUT2D eigenvalue weighted by molar-refractivity contribution is 0.408. The molecule has 0 aliphatic carbocycles. The van der Waals surface area contributed by atoms with Crippen molar-refractivity contribution in [3.8, 4) is 11.5 Å². The molecule has 4 nitrogen and oxygen atoms in total. The topological polar surface area (TPSA) is 59.4 Å². The Morgan fingerprint density at radius 1 is 1.50 bits per heavy atom. The van der Waals surface area contributed by atoms with E-state index in [9.17, 15) is 5.11 Å². The van der Waals surface area contributed by atoms with Crippen molar-refractivity contribution in [2.24, 2.45) is 0 Å². The Hall–Kier alpha value is -1.97. The van der Waals surface area contributed by atoms with Crippen LogP contribution in [0.3, 0.4) is 0 Å². The van der Waals surface area contributed by atoms with Gasteiger partial charge < -0.3 is 14.0 Å². The first kappa shape index (κ1) is 8.62. The summed E-state index contributed by atoms with van der Waals surface area (Å²) in [6, 6.07) is 5.14. The van der Waals surface area contributed by atoms with E-state index in [1.807, 2.05) is 0 Å². The van der Waals surface area contributed by atoms with Gasteiger partial charge >= 0.3 is 0 Å². The van der Waals surface area contributed by atoms with Crippen molar-refractivity contribution in [1.82, 2.24) is 5.16 Å². The van der Waals surface area contributed by atoms with Gasteiger partial charge in [-0.1, -0.05) is 5.16 Å². The molecule has 0 unspecified atom stereocenters. The Labute approximate surface area is 80.4 Å². The summed E-state index contributed by atoms with van der Waals surface area (Å²) >= 11 is 0. The number of hydrogen-bond acceptors (Lipinski definition) is 4. The predicted molar refractivity (Wildman–Crippen MR) is 50.5 cm³/mol. The predicted octanol–water partition coefficient (Wildman–Crippen LogP) is 2.85. The van der Waals surface area contributed by atoms with Gasteiger partial charge in [0.25, 0.3) is 0 Å². The monoisotopic (exact) mass is 191 g/mol. The van der Waals surface area contributed by atoms with Crippen LogP contribution >= 0.6 is 0 Å². The van der Waals surface area contributed by atoms with Crippen LogP contribution in [0.4, 0.5) is 0 Å². The van der Waals surface area contributed by atoms with Crippen molar-refractivity contribution in [2.75, 3.05) is 0 Å². The largest absolute Gasteiger partial charge is 0.506 e. The molecule has 0 saturated carbocycles. The molecule has 0 aliphatic rings. The van der Waals surface area contributed by atoms with E-state index in [1.165, 1.54) is 0 Å². The van der Waals surface area contributed by atoms with Crippen LogP contribution in [0.5, 0.6) is 0 Å². The lowest BCUT2D eigenvalue weighted by Crippen LogP contribution is -1.79. The van der Waals surface area contributed by atoms with Crippen molar-refractivity contribution in [3.05, 3.63) is 36.2 Å². The molecule has 1 N–H and O–H groups in total. The van der Waals surface area contributed by atoms with E-state index in [4.69, 9.17) is 8.94 Å². The van der Waals surface area contributed by atoms with Crippen molar-refractivity contribution in [1.29, 1.82) is 0 Å². The molecule has 0 atom stereocenters. The second-order valence-corrected chi connectivity index (χ2v) is 2.73. The van der Waals surface area contributed by atoms with Crippen LogP contribution in [0.15, 0.2) is 39.5 Å². The molecule has 0 saturated heterocycles. The van der Waals surface area contributed by atoms with E-state index < -0.39 is 0 Å². The second kappa shape index (κ2) is 3.41. The van der Waals surface area contributed by atoms with Gasteiger partial charge in [0.1, 0.15) is 11.5 Å². The van der Waals surface area contributed by atoms with Crippen LogP contribution in [0, 0.1) is 0 Å². The number of hydrogen-bond donors (Lipinski definition) is 1. The fourth-order valence-corrected chi connectivity index (χ4v) is 1.08. The third-order valence-electron chi connectivity index (χ3n) is 1.81. The van der Waals surface area contributed by atoms with Gasteiger partial charge in [-0.25, -0.2) is 0 Å². The Kier molecular flexibility index (Phi) is 2.10. The lowest BCUT2D eigenvalue weighted by Gasteiger charge is -1.87. The van der Waals surface area contributed by atoms with Crippen LogP contribution in [-0.4, -0.2) is 10.3 Å². The fraction of sp³-hybridized carbons (Fsp3) is 0.100. The summed E-state index contributed by atoms with van der Waals surface area (Å²) in [5.41, 5.74) is 0.402. The quantitative estimate of drug-likeness (QED) is 0.741. The Morgan fingerprint density at radius 2 is 2.36 bits per heavy atom. The summed E-state index contributed by atoms with van der Waals surface area (Å²) in [4.78, 5) is 0. The van der Waals surface area contributed by atoms with Crippen molar-refractivity contribution in [3.63, 3.8) is 0 Å². The summed E-state index contributed by atoms with van der Waals surface area (Å²) in [5.74, 6) is 1.18. The molecule has 0 spiro atoms. The van der Waals surface area contributed by atoms with E-state index in [1.54, 1.807) is 37.5 Å². The number of aliphatic hydroxyl groups excluding tert-OH is 1. The van der Waals surface area contributed by atoms with Crippen LogP contribution < -0.4 is 0 Å². The maximum Gasteiger partial charge on any atom is 0.202 e. The van der Waals surface area contributed by atoms with E-state index in [0.29, 0.717) is 17.2 Å². The van der Waals surface area contributed by atoms with Gasteiger partial charge in [0.05, 0.1) is 6.26 Å². The molecular formula is C10H9NO3. The zero-order chi connectivity index (χ0) is 9.97. The first-order valence-electron chi connectivity index (χ1n) is 4.17. The zero-order valence-electron chi connectivity index (χ0n) is 7.60. The number of furan rings is 1. The summed E-state index contributed by atoms with van der Waals surface area (Å²) in [7, 11) is 0. The van der Waals surface area contributed by atoms with Gasteiger partial charge in [-0.2, -0.15) is 0 Å². The molecule has 4 heteroatoms. The molecule has 2 heterocycles. The minimum atomic E-state index is 0.0894. The zero-order valence-corrected chi connectivity index (χ0v) is 7.60. The highest BCUT2D eigenvalue weighted by Gasteiger charge is 2.10. The first-order chi connectivity index (χ1) is 6.81. The highest BCUT2D eigenvalue weighted by Crippen LogP contribution is 2.22. The van der Waals surface area contributed by atoms with E-state index in [2.05, 4.69) is 5.16 Å². The maximum absolute atomic E-state index is 9.35. The fourth-order valence-electron chi connectivity index (χ4n) is 1.08. The summed E-state index contributed by atoms with van der Waals surface area (Å²) in [5, 5.41) is 13.0. The average molecular weight is 191 g/mol. The van der Waals surface area contributed by atoms with Crippen molar-refractivity contribution >= 4 is 5.76 Å². The Bertz CT molecular complexity index is 440. The summed E-state index contributed by atoms with van der Waals surface area (Å²) in [6.07, 6.45) is 3.09. The number of aliphatic hydroxyl groups is 1. The number of rotatable bonds is 2. The standard InChI is InChI=1S/C10H9NO3/c1-2-8(12)7-6-10(14-11-7)9-4-3-5-13-9/h2-6,12H,1H3. The highest BCUT2D eigenvalue weighted by molar-refractivity contribution is 5.60. The van der Waals surface area contributed by atoms with Crippen LogP contribution in [-0.2, 0) is 0 Å². The van der Waals surface area contributed by atoms with Gasteiger partial charge in [0, 0.05) is 6.07 Å². The molecule has 0 aromatic carbocycles. The molecule has 0 fully saturated rings.